The zero-order chi connectivity index (χ0) is 20.9. The van der Waals surface area contributed by atoms with Gasteiger partial charge in [-0.2, -0.15) is 0 Å². The number of hydrogen-bond acceptors (Lipinski definition) is 3. The molecule has 0 aliphatic rings. The molecule has 2 aromatic rings. The molecule has 0 aliphatic heterocycles. The number of carboxylic acid groups (broad SMARTS) is 1. The number of thioether (sulfide) groups is 2. The predicted molar refractivity (Wildman–Crippen MR) is 128 cm³/mol. The maximum absolute atomic E-state index is 11.0. The summed E-state index contributed by atoms with van der Waals surface area (Å²) < 4.78 is 0. The quantitative estimate of drug-likeness (QED) is 0.242. The SMILES string of the molecule is CCCCCCCCCCSc1ccc(-c2ccc(S[C@H](C)C(=O)O)cc2)cc1. The fourth-order valence-electron chi connectivity index (χ4n) is 3.15. The van der Waals surface area contributed by atoms with Crippen LogP contribution in [0, 0.1) is 0 Å². The van der Waals surface area contributed by atoms with Gasteiger partial charge in [0.1, 0.15) is 5.25 Å². The van der Waals surface area contributed by atoms with Gasteiger partial charge in [-0.1, -0.05) is 76.1 Å². The smallest absolute Gasteiger partial charge is 0.316 e. The zero-order valence-electron chi connectivity index (χ0n) is 17.7. The number of benzene rings is 2. The molecule has 0 spiro atoms. The van der Waals surface area contributed by atoms with Gasteiger partial charge >= 0.3 is 5.97 Å². The summed E-state index contributed by atoms with van der Waals surface area (Å²) in [5.41, 5.74) is 2.36. The third-order valence-corrected chi connectivity index (χ3v) is 7.17. The van der Waals surface area contributed by atoms with E-state index in [0.29, 0.717) is 0 Å². The molecule has 4 heteroatoms. The van der Waals surface area contributed by atoms with Crippen LogP contribution in [0.2, 0.25) is 0 Å². The average molecular weight is 431 g/mol. The molecule has 0 saturated carbocycles. The molecule has 0 unspecified atom stereocenters. The average Bonchev–Trinajstić information content (AvgIpc) is 2.73. The molecule has 0 radical (unpaired) electrons. The van der Waals surface area contributed by atoms with Crippen LogP contribution in [-0.4, -0.2) is 22.1 Å². The minimum absolute atomic E-state index is 0.432. The Morgan fingerprint density at radius 1 is 0.793 bits per heavy atom. The summed E-state index contributed by atoms with van der Waals surface area (Å²) in [5, 5.41) is 8.59. The summed E-state index contributed by atoms with van der Waals surface area (Å²) in [5.74, 6) is 0.418. The number of carboxylic acids is 1. The molecule has 29 heavy (non-hydrogen) atoms. The number of unbranched alkanes of at least 4 members (excludes halogenated alkanes) is 7. The molecule has 0 amide bonds. The van der Waals surface area contributed by atoms with Crippen molar-refractivity contribution in [1.29, 1.82) is 0 Å². The first kappa shape index (κ1) is 23.9. The molecule has 0 aliphatic carbocycles. The van der Waals surface area contributed by atoms with E-state index >= 15 is 0 Å². The number of hydrogen-bond donors (Lipinski definition) is 1. The lowest BCUT2D eigenvalue weighted by Gasteiger charge is -2.08. The van der Waals surface area contributed by atoms with Gasteiger partial charge in [0, 0.05) is 9.79 Å². The van der Waals surface area contributed by atoms with Gasteiger partial charge in [-0.05, 0) is 54.5 Å². The van der Waals surface area contributed by atoms with E-state index in [2.05, 4.69) is 43.3 Å². The summed E-state index contributed by atoms with van der Waals surface area (Å²) in [4.78, 5) is 13.3. The van der Waals surface area contributed by atoms with Crippen LogP contribution < -0.4 is 0 Å². The molecule has 0 saturated heterocycles. The summed E-state index contributed by atoms with van der Waals surface area (Å²) in [6, 6.07) is 16.9. The van der Waals surface area contributed by atoms with Crippen molar-refractivity contribution < 1.29 is 9.90 Å². The standard InChI is InChI=1S/C25H34O2S2/c1-3-4-5-6-7-8-9-10-19-28-23-15-11-21(12-16-23)22-13-17-24(18-14-22)29-20(2)25(26)27/h11-18,20H,3-10,19H2,1-2H3,(H,26,27)/t20-/m1/s1. The van der Waals surface area contributed by atoms with Crippen molar-refractivity contribution in [1.82, 2.24) is 0 Å². The molecule has 2 nitrogen and oxygen atoms in total. The van der Waals surface area contributed by atoms with Crippen molar-refractivity contribution in [3.05, 3.63) is 48.5 Å². The molecule has 1 atom stereocenters. The second-order valence-electron chi connectivity index (χ2n) is 7.47. The highest BCUT2D eigenvalue weighted by molar-refractivity contribution is 8.00. The fraction of sp³-hybridized carbons (Fsp3) is 0.480. The molecule has 0 heterocycles. The Morgan fingerprint density at radius 3 is 1.79 bits per heavy atom. The van der Waals surface area contributed by atoms with Crippen molar-refractivity contribution in [3.8, 4) is 11.1 Å². The monoisotopic (exact) mass is 430 g/mol. The highest BCUT2D eigenvalue weighted by Crippen LogP contribution is 2.28. The molecule has 0 fully saturated rings. The van der Waals surface area contributed by atoms with Crippen LogP contribution in [0.1, 0.15) is 65.2 Å². The van der Waals surface area contributed by atoms with Gasteiger partial charge in [-0.3, -0.25) is 4.79 Å². The van der Waals surface area contributed by atoms with E-state index in [4.69, 9.17) is 5.11 Å². The maximum Gasteiger partial charge on any atom is 0.316 e. The van der Waals surface area contributed by atoms with E-state index in [-0.39, 0.29) is 0 Å². The summed E-state index contributed by atoms with van der Waals surface area (Å²) >= 11 is 3.32. The largest absolute Gasteiger partial charge is 0.480 e. The van der Waals surface area contributed by atoms with Gasteiger partial charge in [-0.15, -0.1) is 23.5 Å². The van der Waals surface area contributed by atoms with Gasteiger partial charge < -0.3 is 5.11 Å². The molecule has 0 aromatic heterocycles. The van der Waals surface area contributed by atoms with Gasteiger partial charge in [0.05, 0.1) is 0 Å². The molecule has 158 valence electrons. The molecule has 1 N–H and O–H groups in total. The molecule has 0 bridgehead atoms. The third kappa shape index (κ3) is 9.31. The second kappa shape index (κ2) is 13.8. The first-order valence-electron chi connectivity index (χ1n) is 10.8. The van der Waals surface area contributed by atoms with E-state index in [1.807, 2.05) is 23.9 Å². The van der Waals surface area contributed by atoms with Gasteiger partial charge in [0.25, 0.3) is 0 Å². The van der Waals surface area contributed by atoms with Crippen molar-refractivity contribution in [2.45, 2.75) is 80.3 Å². The Morgan fingerprint density at radius 2 is 1.28 bits per heavy atom. The Balaban J connectivity index is 1.71. The van der Waals surface area contributed by atoms with Crippen LogP contribution in [0.4, 0.5) is 0 Å². The first-order chi connectivity index (χ1) is 14.1. The number of rotatable bonds is 14. The first-order valence-corrected chi connectivity index (χ1v) is 12.7. The maximum atomic E-state index is 11.0. The Bertz CT molecular complexity index is 711. The Hall–Kier alpha value is -1.39. The van der Waals surface area contributed by atoms with Crippen molar-refractivity contribution in [2.75, 3.05) is 5.75 Å². The lowest BCUT2D eigenvalue weighted by atomic mass is 10.1. The topological polar surface area (TPSA) is 37.3 Å². The summed E-state index contributed by atoms with van der Waals surface area (Å²) in [6.07, 6.45) is 10.9. The third-order valence-electron chi connectivity index (χ3n) is 4.97. The summed E-state index contributed by atoms with van der Waals surface area (Å²) in [7, 11) is 0. The molecular formula is C25H34O2S2. The zero-order valence-corrected chi connectivity index (χ0v) is 19.4. The van der Waals surface area contributed by atoms with Crippen molar-refractivity contribution in [2.24, 2.45) is 0 Å². The van der Waals surface area contributed by atoms with E-state index in [1.54, 1.807) is 6.92 Å². The lowest BCUT2D eigenvalue weighted by molar-refractivity contribution is -0.136. The lowest BCUT2D eigenvalue weighted by Crippen LogP contribution is -2.10. The fourth-order valence-corrected chi connectivity index (χ4v) is 4.87. The van der Waals surface area contributed by atoms with E-state index in [9.17, 15) is 4.79 Å². The van der Waals surface area contributed by atoms with Crippen LogP contribution >= 0.6 is 23.5 Å². The second-order valence-corrected chi connectivity index (χ2v) is 10.1. The highest BCUT2D eigenvalue weighted by atomic mass is 32.2. The molecule has 2 aromatic carbocycles. The van der Waals surface area contributed by atoms with Crippen molar-refractivity contribution in [3.63, 3.8) is 0 Å². The number of aliphatic carboxylic acids is 1. The Kier molecular flexibility index (Phi) is 11.3. The minimum Gasteiger partial charge on any atom is -0.480 e. The van der Waals surface area contributed by atoms with Crippen LogP contribution in [0.25, 0.3) is 11.1 Å². The van der Waals surface area contributed by atoms with E-state index in [0.717, 1.165) is 10.5 Å². The molecular weight excluding hydrogens is 396 g/mol. The van der Waals surface area contributed by atoms with Gasteiger partial charge in [0.15, 0.2) is 0 Å². The highest BCUT2D eigenvalue weighted by Gasteiger charge is 2.12. The van der Waals surface area contributed by atoms with Crippen LogP contribution in [0.15, 0.2) is 58.3 Å². The summed E-state index contributed by atoms with van der Waals surface area (Å²) in [6.45, 7) is 3.98. The van der Waals surface area contributed by atoms with E-state index < -0.39 is 11.2 Å². The Labute approximate surface area is 184 Å². The van der Waals surface area contributed by atoms with Gasteiger partial charge in [-0.25, -0.2) is 0 Å². The van der Waals surface area contributed by atoms with Crippen LogP contribution in [0.3, 0.4) is 0 Å². The number of carbonyl (C=O) groups is 1. The van der Waals surface area contributed by atoms with Crippen molar-refractivity contribution >= 4 is 29.5 Å². The predicted octanol–water partition coefficient (Wildman–Crippen LogP) is 8.15. The minimum atomic E-state index is -0.779. The van der Waals surface area contributed by atoms with E-state index in [1.165, 1.54) is 79.3 Å². The normalized spacial score (nSPS) is 12.1. The van der Waals surface area contributed by atoms with Gasteiger partial charge in [0.2, 0.25) is 0 Å². The van der Waals surface area contributed by atoms with Crippen LogP contribution in [-0.2, 0) is 4.79 Å². The molecule has 2 rings (SSSR count). The van der Waals surface area contributed by atoms with Crippen LogP contribution in [0.5, 0.6) is 0 Å².